The lowest BCUT2D eigenvalue weighted by Crippen LogP contribution is -2.25. The van der Waals surface area contributed by atoms with E-state index in [1.54, 1.807) is 39.5 Å². The van der Waals surface area contributed by atoms with E-state index >= 15 is 0 Å². The highest BCUT2D eigenvalue weighted by Gasteiger charge is 2.10. The molecule has 0 aliphatic carbocycles. The molecule has 24 heavy (non-hydrogen) atoms. The summed E-state index contributed by atoms with van der Waals surface area (Å²) in [7, 11) is 4.76. The van der Waals surface area contributed by atoms with Gasteiger partial charge < -0.3 is 19.5 Å². The molecule has 0 spiro atoms. The molecule has 0 saturated carbocycles. The summed E-state index contributed by atoms with van der Waals surface area (Å²) in [5, 5.41) is 2.92. The second-order valence-corrected chi connectivity index (χ2v) is 5.42. The summed E-state index contributed by atoms with van der Waals surface area (Å²) < 4.78 is 15.7. The molecule has 5 heteroatoms. The Kier molecular flexibility index (Phi) is 6.07. The van der Waals surface area contributed by atoms with Gasteiger partial charge in [0.15, 0.2) is 0 Å². The van der Waals surface area contributed by atoms with Crippen LogP contribution in [0.2, 0.25) is 0 Å². The lowest BCUT2D eigenvalue weighted by molar-refractivity contribution is 0.0953. The number of amides is 1. The third kappa shape index (κ3) is 4.41. The smallest absolute Gasteiger partial charge is 0.251 e. The van der Waals surface area contributed by atoms with E-state index in [0.717, 1.165) is 16.9 Å². The molecule has 1 amide bonds. The van der Waals surface area contributed by atoms with Gasteiger partial charge in [-0.1, -0.05) is 17.7 Å². The second kappa shape index (κ2) is 8.24. The molecule has 0 bridgehead atoms. The summed E-state index contributed by atoms with van der Waals surface area (Å²) in [5.74, 6) is 1.83. The number of rotatable bonds is 7. The van der Waals surface area contributed by atoms with Crippen LogP contribution >= 0.6 is 0 Å². The van der Waals surface area contributed by atoms with Crippen molar-refractivity contribution in [1.82, 2.24) is 5.32 Å². The molecule has 0 aromatic heterocycles. The Balaban J connectivity index is 2.02. The molecule has 1 N–H and O–H groups in total. The Morgan fingerprint density at radius 3 is 2.21 bits per heavy atom. The fraction of sp³-hybridized carbons (Fsp3) is 0.316. The maximum absolute atomic E-state index is 12.3. The van der Waals surface area contributed by atoms with Gasteiger partial charge in [0.1, 0.15) is 17.2 Å². The summed E-state index contributed by atoms with van der Waals surface area (Å²) in [6.07, 6.45) is 0.692. The number of hydrogen-bond acceptors (Lipinski definition) is 4. The lowest BCUT2D eigenvalue weighted by Gasteiger charge is -2.11. The zero-order valence-corrected chi connectivity index (χ0v) is 14.5. The summed E-state index contributed by atoms with van der Waals surface area (Å²) in [5.41, 5.74) is 2.73. The second-order valence-electron chi connectivity index (χ2n) is 5.42. The standard InChI is InChI=1S/C19H23NO4/c1-13-5-6-18(24-4)14(9-13)7-8-20-19(21)15-10-16(22-2)12-17(11-15)23-3/h5-6,9-12H,7-8H2,1-4H3,(H,20,21). The van der Waals surface area contributed by atoms with E-state index < -0.39 is 0 Å². The number of carbonyl (C=O) groups is 1. The highest BCUT2D eigenvalue weighted by molar-refractivity contribution is 5.95. The molecular formula is C19H23NO4. The van der Waals surface area contributed by atoms with Crippen LogP contribution < -0.4 is 19.5 Å². The first-order valence-electron chi connectivity index (χ1n) is 7.72. The molecule has 2 aromatic rings. The Morgan fingerprint density at radius 2 is 1.62 bits per heavy atom. The third-order valence-corrected chi connectivity index (χ3v) is 3.73. The number of carbonyl (C=O) groups excluding carboxylic acids is 1. The summed E-state index contributed by atoms with van der Waals surface area (Å²) in [6, 6.07) is 11.1. The number of hydrogen-bond donors (Lipinski definition) is 1. The monoisotopic (exact) mass is 329 g/mol. The van der Waals surface area contributed by atoms with Gasteiger partial charge in [0, 0.05) is 18.2 Å². The van der Waals surface area contributed by atoms with Crippen molar-refractivity contribution in [2.45, 2.75) is 13.3 Å². The van der Waals surface area contributed by atoms with E-state index in [1.165, 1.54) is 0 Å². The van der Waals surface area contributed by atoms with Crippen molar-refractivity contribution in [3.8, 4) is 17.2 Å². The lowest BCUT2D eigenvalue weighted by atomic mass is 10.1. The van der Waals surface area contributed by atoms with Crippen molar-refractivity contribution >= 4 is 5.91 Å². The number of aryl methyl sites for hydroxylation is 1. The molecule has 0 radical (unpaired) electrons. The first-order chi connectivity index (χ1) is 11.6. The van der Waals surface area contributed by atoms with E-state index in [4.69, 9.17) is 14.2 Å². The average molecular weight is 329 g/mol. The molecule has 0 saturated heterocycles. The molecule has 0 heterocycles. The largest absolute Gasteiger partial charge is 0.497 e. The van der Waals surface area contributed by atoms with Gasteiger partial charge in [-0.3, -0.25) is 4.79 Å². The van der Waals surface area contributed by atoms with E-state index in [9.17, 15) is 4.79 Å². The molecule has 0 aliphatic heterocycles. The average Bonchev–Trinajstić information content (AvgIpc) is 2.61. The fourth-order valence-electron chi connectivity index (χ4n) is 2.45. The van der Waals surface area contributed by atoms with Crippen LogP contribution in [-0.2, 0) is 6.42 Å². The maximum Gasteiger partial charge on any atom is 0.251 e. The molecule has 5 nitrogen and oxygen atoms in total. The van der Waals surface area contributed by atoms with Crippen molar-refractivity contribution in [1.29, 1.82) is 0 Å². The topological polar surface area (TPSA) is 56.8 Å². The van der Waals surface area contributed by atoms with Gasteiger partial charge in [-0.05, 0) is 37.1 Å². The van der Waals surface area contributed by atoms with Gasteiger partial charge in [-0.25, -0.2) is 0 Å². The minimum Gasteiger partial charge on any atom is -0.497 e. The normalized spacial score (nSPS) is 10.2. The van der Waals surface area contributed by atoms with Crippen molar-refractivity contribution in [2.75, 3.05) is 27.9 Å². The van der Waals surface area contributed by atoms with Crippen LogP contribution in [0.1, 0.15) is 21.5 Å². The Labute approximate surface area is 142 Å². The van der Waals surface area contributed by atoms with Gasteiger partial charge in [0.05, 0.1) is 21.3 Å². The Bertz CT molecular complexity index is 690. The van der Waals surface area contributed by atoms with Crippen LogP contribution in [0.25, 0.3) is 0 Å². The van der Waals surface area contributed by atoms with Crippen molar-refractivity contribution in [3.63, 3.8) is 0 Å². The summed E-state index contributed by atoms with van der Waals surface area (Å²) in [6.45, 7) is 2.54. The van der Waals surface area contributed by atoms with E-state index in [1.807, 2.05) is 19.1 Å². The molecule has 2 rings (SSSR count). The van der Waals surface area contributed by atoms with Gasteiger partial charge >= 0.3 is 0 Å². The van der Waals surface area contributed by atoms with Crippen LogP contribution in [0.3, 0.4) is 0 Å². The van der Waals surface area contributed by atoms with Crippen LogP contribution in [-0.4, -0.2) is 33.8 Å². The van der Waals surface area contributed by atoms with Gasteiger partial charge in [0.2, 0.25) is 0 Å². The third-order valence-electron chi connectivity index (χ3n) is 3.73. The minimum absolute atomic E-state index is 0.168. The predicted molar refractivity (Wildman–Crippen MR) is 93.3 cm³/mol. The Hall–Kier alpha value is -2.69. The zero-order valence-electron chi connectivity index (χ0n) is 14.5. The number of ether oxygens (including phenoxy) is 3. The van der Waals surface area contributed by atoms with E-state index in [2.05, 4.69) is 11.4 Å². The highest BCUT2D eigenvalue weighted by Crippen LogP contribution is 2.23. The highest BCUT2D eigenvalue weighted by atomic mass is 16.5. The van der Waals surface area contributed by atoms with Crippen LogP contribution in [0.4, 0.5) is 0 Å². The fourth-order valence-corrected chi connectivity index (χ4v) is 2.45. The Morgan fingerprint density at radius 1 is 0.958 bits per heavy atom. The molecule has 0 aliphatic rings. The SMILES string of the molecule is COc1cc(OC)cc(C(=O)NCCc2cc(C)ccc2OC)c1. The molecule has 0 atom stereocenters. The van der Waals surface area contributed by atoms with Crippen molar-refractivity contribution < 1.29 is 19.0 Å². The summed E-state index contributed by atoms with van der Waals surface area (Å²) in [4.78, 5) is 12.3. The quantitative estimate of drug-likeness (QED) is 0.848. The first-order valence-corrected chi connectivity index (χ1v) is 7.72. The van der Waals surface area contributed by atoms with Crippen molar-refractivity contribution in [3.05, 3.63) is 53.1 Å². The van der Waals surface area contributed by atoms with Gasteiger partial charge in [-0.2, -0.15) is 0 Å². The van der Waals surface area contributed by atoms with Crippen molar-refractivity contribution in [2.24, 2.45) is 0 Å². The number of nitrogens with one attached hydrogen (secondary N) is 1. The van der Waals surface area contributed by atoms with Gasteiger partial charge in [0.25, 0.3) is 5.91 Å². The summed E-state index contributed by atoms with van der Waals surface area (Å²) >= 11 is 0. The predicted octanol–water partition coefficient (Wildman–Crippen LogP) is 2.99. The van der Waals surface area contributed by atoms with Crippen LogP contribution in [0, 0.1) is 6.92 Å². The molecule has 128 valence electrons. The van der Waals surface area contributed by atoms with Crippen LogP contribution in [0.5, 0.6) is 17.2 Å². The molecule has 0 unspecified atom stereocenters. The number of methoxy groups -OCH3 is 3. The number of benzene rings is 2. The molecule has 0 fully saturated rings. The minimum atomic E-state index is -0.168. The van der Waals surface area contributed by atoms with Gasteiger partial charge in [-0.15, -0.1) is 0 Å². The zero-order chi connectivity index (χ0) is 17.5. The van der Waals surface area contributed by atoms with E-state index in [-0.39, 0.29) is 5.91 Å². The molecule has 2 aromatic carbocycles. The molecular weight excluding hydrogens is 306 g/mol. The first kappa shape index (κ1) is 17.7. The maximum atomic E-state index is 12.3. The van der Waals surface area contributed by atoms with Crippen LogP contribution in [0.15, 0.2) is 36.4 Å². The van der Waals surface area contributed by atoms with E-state index in [0.29, 0.717) is 30.0 Å².